The van der Waals surface area contributed by atoms with Crippen LogP contribution in [0.25, 0.3) is 0 Å². The molecular formula is C22H26F3NO4. The predicted octanol–water partition coefficient (Wildman–Crippen LogP) is 4.58. The lowest BCUT2D eigenvalue weighted by atomic mass is 9.84. The highest BCUT2D eigenvalue weighted by atomic mass is 19.4. The van der Waals surface area contributed by atoms with Crippen LogP contribution in [0.2, 0.25) is 0 Å². The number of carbonyl (C=O) groups is 1. The molecule has 30 heavy (non-hydrogen) atoms. The zero-order chi connectivity index (χ0) is 22.5. The second kappa shape index (κ2) is 9.28. The highest BCUT2D eigenvalue weighted by molar-refractivity contribution is 5.80. The molecule has 0 fully saturated rings. The fraction of sp³-hybridized carbons (Fsp3) is 0.409. The molecule has 1 atom stereocenters. The number of rotatable bonds is 8. The van der Waals surface area contributed by atoms with Crippen molar-refractivity contribution < 1.29 is 32.2 Å². The summed E-state index contributed by atoms with van der Waals surface area (Å²) >= 11 is 0. The first kappa shape index (κ1) is 23.4. The summed E-state index contributed by atoms with van der Waals surface area (Å²) in [6, 6.07) is 10.3. The molecule has 2 rings (SSSR count). The minimum atomic E-state index is -4.57. The van der Waals surface area contributed by atoms with Gasteiger partial charge in [0.15, 0.2) is 17.6 Å². The molecule has 8 heteroatoms. The summed E-state index contributed by atoms with van der Waals surface area (Å²) in [6.45, 7) is 5.51. The van der Waals surface area contributed by atoms with Gasteiger partial charge in [0.25, 0.3) is 5.91 Å². The minimum absolute atomic E-state index is 0.246. The number of carbonyl (C=O) groups excluding carboxylic acids is 1. The zero-order valence-electron chi connectivity index (χ0n) is 17.6. The summed E-state index contributed by atoms with van der Waals surface area (Å²) in [5.41, 5.74) is -0.495. The molecule has 0 saturated carbocycles. The molecule has 0 aromatic heterocycles. The van der Waals surface area contributed by atoms with Crippen molar-refractivity contribution in [3.8, 4) is 17.2 Å². The number of hydrogen-bond donors (Lipinski definition) is 1. The summed E-state index contributed by atoms with van der Waals surface area (Å²) in [6.07, 6.45) is -5.67. The van der Waals surface area contributed by atoms with Crippen molar-refractivity contribution >= 4 is 5.91 Å². The van der Waals surface area contributed by atoms with Gasteiger partial charge in [0.05, 0.1) is 19.8 Å². The number of hydrogen-bond acceptors (Lipinski definition) is 4. The van der Waals surface area contributed by atoms with Crippen LogP contribution >= 0.6 is 0 Å². The topological polar surface area (TPSA) is 56.8 Å². The number of amides is 1. The molecule has 0 bridgehead atoms. The number of alkyl halides is 3. The van der Waals surface area contributed by atoms with Crippen molar-refractivity contribution in [1.29, 1.82) is 0 Å². The monoisotopic (exact) mass is 425 g/mol. The smallest absolute Gasteiger partial charge is 0.419 e. The molecule has 2 aromatic rings. The molecule has 0 radical (unpaired) electrons. The molecule has 1 N–H and O–H groups in total. The van der Waals surface area contributed by atoms with Gasteiger partial charge in [0, 0.05) is 12.0 Å². The first-order chi connectivity index (χ1) is 14.0. The highest BCUT2D eigenvalue weighted by Crippen LogP contribution is 2.36. The Morgan fingerprint density at radius 2 is 1.63 bits per heavy atom. The SMILES string of the molecule is COc1ccc(C(C)(C)CNC(=O)C(C)Oc2ccccc2C(F)(F)F)cc1OC. The molecule has 5 nitrogen and oxygen atoms in total. The Labute approximate surface area is 174 Å². The van der Waals surface area contributed by atoms with Crippen molar-refractivity contribution in [1.82, 2.24) is 5.32 Å². The lowest BCUT2D eigenvalue weighted by Crippen LogP contribution is -2.42. The normalized spacial score (nSPS) is 12.8. The highest BCUT2D eigenvalue weighted by Gasteiger charge is 2.35. The summed E-state index contributed by atoms with van der Waals surface area (Å²) in [5, 5.41) is 2.75. The Balaban J connectivity index is 2.06. The van der Waals surface area contributed by atoms with Gasteiger partial charge in [0.2, 0.25) is 0 Å². The Morgan fingerprint density at radius 1 is 1.00 bits per heavy atom. The third-order valence-corrected chi connectivity index (χ3v) is 4.74. The summed E-state index contributed by atoms with van der Waals surface area (Å²) in [5.74, 6) is 0.258. The van der Waals surface area contributed by atoms with Gasteiger partial charge >= 0.3 is 6.18 Å². The first-order valence-electron chi connectivity index (χ1n) is 9.32. The van der Waals surface area contributed by atoms with E-state index in [2.05, 4.69) is 5.32 Å². The molecule has 0 spiro atoms. The van der Waals surface area contributed by atoms with Gasteiger partial charge in [-0.1, -0.05) is 32.0 Å². The Hall–Kier alpha value is -2.90. The fourth-order valence-corrected chi connectivity index (χ4v) is 2.86. The molecule has 0 heterocycles. The second-order valence-electron chi connectivity index (χ2n) is 7.43. The van der Waals surface area contributed by atoms with Crippen LogP contribution in [-0.2, 0) is 16.4 Å². The average molecular weight is 425 g/mol. The maximum atomic E-state index is 13.1. The molecule has 1 unspecified atom stereocenters. The maximum absolute atomic E-state index is 13.1. The first-order valence-corrected chi connectivity index (χ1v) is 9.32. The summed E-state index contributed by atoms with van der Waals surface area (Å²) in [7, 11) is 3.08. The van der Waals surface area contributed by atoms with E-state index < -0.39 is 29.2 Å². The van der Waals surface area contributed by atoms with E-state index in [1.165, 1.54) is 32.2 Å². The van der Waals surface area contributed by atoms with Crippen LogP contribution in [0.4, 0.5) is 13.2 Å². The van der Waals surface area contributed by atoms with E-state index >= 15 is 0 Å². The van der Waals surface area contributed by atoms with E-state index in [1.807, 2.05) is 26.0 Å². The van der Waals surface area contributed by atoms with Crippen LogP contribution in [0.15, 0.2) is 42.5 Å². The van der Waals surface area contributed by atoms with E-state index in [4.69, 9.17) is 14.2 Å². The van der Waals surface area contributed by atoms with Crippen LogP contribution in [0, 0.1) is 0 Å². The molecule has 1 amide bonds. The third-order valence-electron chi connectivity index (χ3n) is 4.74. The molecular weight excluding hydrogens is 399 g/mol. The molecule has 0 aliphatic rings. The van der Waals surface area contributed by atoms with Crippen molar-refractivity contribution in [3.05, 3.63) is 53.6 Å². The number of para-hydroxylation sites is 1. The number of methoxy groups -OCH3 is 2. The van der Waals surface area contributed by atoms with E-state index in [0.29, 0.717) is 11.5 Å². The van der Waals surface area contributed by atoms with Crippen molar-refractivity contribution in [2.24, 2.45) is 0 Å². The van der Waals surface area contributed by atoms with Gasteiger partial charge < -0.3 is 19.5 Å². The molecule has 0 saturated heterocycles. The number of benzene rings is 2. The largest absolute Gasteiger partial charge is 0.493 e. The van der Waals surface area contributed by atoms with Crippen molar-refractivity contribution in [2.75, 3.05) is 20.8 Å². The van der Waals surface area contributed by atoms with Crippen LogP contribution in [0.5, 0.6) is 17.2 Å². The molecule has 2 aromatic carbocycles. The quantitative estimate of drug-likeness (QED) is 0.673. The van der Waals surface area contributed by atoms with E-state index in [1.54, 1.807) is 13.2 Å². The van der Waals surface area contributed by atoms with Crippen LogP contribution in [0.3, 0.4) is 0 Å². The van der Waals surface area contributed by atoms with E-state index in [9.17, 15) is 18.0 Å². The molecule has 0 aliphatic carbocycles. The van der Waals surface area contributed by atoms with Crippen molar-refractivity contribution in [3.63, 3.8) is 0 Å². The van der Waals surface area contributed by atoms with Gasteiger partial charge in [-0.15, -0.1) is 0 Å². The number of halogens is 3. The van der Waals surface area contributed by atoms with Gasteiger partial charge in [-0.25, -0.2) is 0 Å². The lowest BCUT2D eigenvalue weighted by Gasteiger charge is -2.27. The predicted molar refractivity (Wildman–Crippen MR) is 107 cm³/mol. The Bertz CT molecular complexity index is 881. The van der Waals surface area contributed by atoms with Gasteiger partial charge in [-0.2, -0.15) is 13.2 Å². The number of ether oxygens (including phenoxy) is 3. The Morgan fingerprint density at radius 3 is 2.23 bits per heavy atom. The van der Waals surface area contributed by atoms with Gasteiger partial charge in [-0.3, -0.25) is 4.79 Å². The third kappa shape index (κ3) is 5.58. The van der Waals surface area contributed by atoms with Crippen LogP contribution in [0.1, 0.15) is 31.9 Å². The zero-order valence-corrected chi connectivity index (χ0v) is 17.6. The maximum Gasteiger partial charge on any atom is 0.419 e. The number of nitrogens with one attached hydrogen (secondary N) is 1. The summed E-state index contributed by atoms with van der Waals surface area (Å²) < 4.78 is 55.2. The van der Waals surface area contributed by atoms with Gasteiger partial charge in [-0.05, 0) is 36.8 Å². The average Bonchev–Trinajstić information content (AvgIpc) is 2.71. The van der Waals surface area contributed by atoms with Crippen LogP contribution < -0.4 is 19.5 Å². The van der Waals surface area contributed by atoms with E-state index in [0.717, 1.165) is 11.6 Å². The van der Waals surface area contributed by atoms with Crippen LogP contribution in [-0.4, -0.2) is 32.8 Å². The standard InChI is InChI=1S/C22H26F3NO4/c1-14(30-17-9-7-6-8-16(17)22(23,24)25)20(27)26-13-21(2,3)15-10-11-18(28-4)19(12-15)29-5/h6-12,14H,13H2,1-5H3,(H,26,27). The fourth-order valence-electron chi connectivity index (χ4n) is 2.86. The minimum Gasteiger partial charge on any atom is -0.493 e. The van der Waals surface area contributed by atoms with E-state index in [-0.39, 0.29) is 12.3 Å². The second-order valence-corrected chi connectivity index (χ2v) is 7.43. The van der Waals surface area contributed by atoms with Gasteiger partial charge in [0.1, 0.15) is 5.75 Å². The lowest BCUT2D eigenvalue weighted by molar-refractivity contribution is -0.140. The van der Waals surface area contributed by atoms with Crippen molar-refractivity contribution in [2.45, 2.75) is 38.5 Å². The Kier molecular flexibility index (Phi) is 7.23. The summed E-state index contributed by atoms with van der Waals surface area (Å²) in [4.78, 5) is 12.4. The molecule has 0 aliphatic heterocycles. The molecule has 164 valence electrons.